The van der Waals surface area contributed by atoms with Gasteiger partial charge in [0.2, 0.25) is 0 Å². The van der Waals surface area contributed by atoms with E-state index in [1.165, 1.54) is 16.9 Å². The predicted octanol–water partition coefficient (Wildman–Crippen LogP) is 4.96. The van der Waals surface area contributed by atoms with Crippen LogP contribution in [0, 0.1) is 0 Å². The van der Waals surface area contributed by atoms with Crippen molar-refractivity contribution in [3.8, 4) is 5.75 Å². The van der Waals surface area contributed by atoms with E-state index in [1.807, 2.05) is 30.3 Å². The van der Waals surface area contributed by atoms with Crippen molar-refractivity contribution in [3.63, 3.8) is 0 Å². The van der Waals surface area contributed by atoms with Crippen LogP contribution in [0.5, 0.6) is 5.75 Å². The predicted molar refractivity (Wildman–Crippen MR) is 111 cm³/mol. The Bertz CT molecular complexity index is 946. The van der Waals surface area contributed by atoms with Gasteiger partial charge in [0.05, 0.1) is 10.2 Å². The Hall–Kier alpha value is -2.12. The van der Waals surface area contributed by atoms with Gasteiger partial charge >= 0.3 is 0 Å². The van der Waals surface area contributed by atoms with Crippen molar-refractivity contribution in [2.75, 3.05) is 17.7 Å². The van der Waals surface area contributed by atoms with Crippen molar-refractivity contribution in [2.24, 2.45) is 0 Å². The molecule has 1 amide bonds. The Kier molecular flexibility index (Phi) is 5.20. The highest BCUT2D eigenvalue weighted by Gasteiger charge is 2.13. The van der Waals surface area contributed by atoms with Crippen LogP contribution in [-0.2, 0) is 10.2 Å². The number of thiazole rings is 1. The molecule has 7 heteroatoms. The lowest BCUT2D eigenvalue weighted by atomic mass is 9.87. The lowest BCUT2D eigenvalue weighted by Crippen LogP contribution is -2.20. The number of nitrogens with one attached hydrogen (secondary N) is 1. The lowest BCUT2D eigenvalue weighted by Gasteiger charge is -2.19. The molecule has 1 heterocycles. The summed E-state index contributed by atoms with van der Waals surface area (Å²) in [5, 5.41) is 3.33. The third-order valence-electron chi connectivity index (χ3n) is 3.84. The number of carbonyl (C=O) groups is 1. The topological polar surface area (TPSA) is 77.2 Å². The van der Waals surface area contributed by atoms with E-state index in [0.29, 0.717) is 16.6 Å². The molecule has 2 aromatic carbocycles. The molecular weight excluding hydrogens is 414 g/mol. The highest BCUT2D eigenvalue weighted by atomic mass is 79.9. The fraction of sp³-hybridized carbons (Fsp3) is 0.263. The smallest absolute Gasteiger partial charge is 0.262 e. The maximum absolute atomic E-state index is 12.2. The fourth-order valence-electron chi connectivity index (χ4n) is 2.48. The van der Waals surface area contributed by atoms with Gasteiger partial charge in [0, 0.05) is 10.2 Å². The number of anilines is 2. The van der Waals surface area contributed by atoms with Crippen molar-refractivity contribution in [1.29, 1.82) is 0 Å². The van der Waals surface area contributed by atoms with Gasteiger partial charge in [0.15, 0.2) is 11.7 Å². The van der Waals surface area contributed by atoms with Gasteiger partial charge in [-0.05, 0) is 51.2 Å². The van der Waals surface area contributed by atoms with Crippen molar-refractivity contribution >= 4 is 54.2 Å². The summed E-state index contributed by atoms with van der Waals surface area (Å²) in [5.41, 5.74) is 8.51. The average molecular weight is 434 g/mol. The Labute approximate surface area is 164 Å². The molecule has 0 atom stereocenters. The monoisotopic (exact) mass is 433 g/mol. The molecule has 0 fully saturated rings. The first-order valence-electron chi connectivity index (χ1n) is 8.11. The van der Waals surface area contributed by atoms with Gasteiger partial charge < -0.3 is 15.8 Å². The summed E-state index contributed by atoms with van der Waals surface area (Å²) in [4.78, 5) is 16.4. The summed E-state index contributed by atoms with van der Waals surface area (Å²) in [5.74, 6) is 0.439. The fourth-order valence-corrected chi connectivity index (χ4v) is 3.96. The minimum Gasteiger partial charge on any atom is -0.484 e. The van der Waals surface area contributed by atoms with Gasteiger partial charge in [-0.3, -0.25) is 4.79 Å². The Balaban J connectivity index is 1.62. The number of fused-ring (bicyclic) bond motifs is 1. The largest absolute Gasteiger partial charge is 0.484 e. The quantitative estimate of drug-likeness (QED) is 0.609. The summed E-state index contributed by atoms with van der Waals surface area (Å²) < 4.78 is 7.27. The van der Waals surface area contributed by atoms with Gasteiger partial charge in [0.25, 0.3) is 5.91 Å². The molecular formula is C19H20BrN3O2S. The molecule has 26 heavy (non-hydrogen) atoms. The Morgan fingerprint density at radius 1 is 1.27 bits per heavy atom. The molecule has 0 saturated carbocycles. The van der Waals surface area contributed by atoms with E-state index in [1.54, 1.807) is 6.07 Å². The zero-order chi connectivity index (χ0) is 18.9. The third-order valence-corrected chi connectivity index (χ3v) is 5.28. The van der Waals surface area contributed by atoms with Crippen LogP contribution in [0.2, 0.25) is 0 Å². The summed E-state index contributed by atoms with van der Waals surface area (Å²) in [7, 11) is 0. The van der Waals surface area contributed by atoms with E-state index < -0.39 is 0 Å². The molecule has 5 nitrogen and oxygen atoms in total. The minimum absolute atomic E-state index is 0.0602. The highest BCUT2D eigenvalue weighted by molar-refractivity contribution is 9.10. The van der Waals surface area contributed by atoms with E-state index in [9.17, 15) is 4.79 Å². The number of nitrogens with zero attached hydrogens (tertiary/aromatic N) is 1. The number of ether oxygens (including phenoxy) is 1. The van der Waals surface area contributed by atoms with Crippen LogP contribution in [0.15, 0.2) is 40.9 Å². The average Bonchev–Trinajstić information content (AvgIpc) is 2.93. The molecule has 0 aliphatic rings. The standard InChI is InChI=1S/C19H20BrN3O2S/c1-19(2,3)11-4-6-13(7-5-11)25-10-16(24)22-12-8-14(20)17-15(9-12)26-18(21)23-17/h4-9H,10H2,1-3H3,(H2,21,23)(H,22,24). The number of halogens is 1. The normalized spacial score (nSPS) is 11.5. The van der Waals surface area contributed by atoms with E-state index in [0.717, 1.165) is 14.7 Å². The molecule has 0 bridgehead atoms. The van der Waals surface area contributed by atoms with E-state index in [4.69, 9.17) is 10.5 Å². The number of rotatable bonds is 4. The minimum atomic E-state index is -0.228. The number of benzene rings is 2. The van der Waals surface area contributed by atoms with Gasteiger partial charge in [-0.2, -0.15) is 0 Å². The molecule has 0 unspecified atom stereocenters. The summed E-state index contributed by atoms with van der Waals surface area (Å²) in [6.07, 6.45) is 0. The molecule has 136 valence electrons. The van der Waals surface area contributed by atoms with E-state index in [2.05, 4.69) is 47.0 Å². The molecule has 0 spiro atoms. The van der Waals surface area contributed by atoms with Crippen LogP contribution < -0.4 is 15.8 Å². The van der Waals surface area contributed by atoms with Crippen LogP contribution in [0.3, 0.4) is 0 Å². The van der Waals surface area contributed by atoms with Crippen LogP contribution in [0.25, 0.3) is 10.2 Å². The molecule has 1 aromatic heterocycles. The first kappa shape index (κ1) is 18.7. The first-order chi connectivity index (χ1) is 12.2. The van der Waals surface area contributed by atoms with Gasteiger partial charge in [-0.25, -0.2) is 4.98 Å². The van der Waals surface area contributed by atoms with E-state index in [-0.39, 0.29) is 17.9 Å². The van der Waals surface area contributed by atoms with Crippen LogP contribution >= 0.6 is 27.3 Å². The Morgan fingerprint density at radius 2 is 1.96 bits per heavy atom. The highest BCUT2D eigenvalue weighted by Crippen LogP contribution is 2.33. The number of nitrogens with two attached hydrogens (primary N) is 1. The number of carbonyl (C=O) groups excluding carboxylic acids is 1. The van der Waals surface area contributed by atoms with Crippen molar-refractivity contribution < 1.29 is 9.53 Å². The third kappa shape index (κ3) is 4.34. The second-order valence-corrected chi connectivity index (χ2v) is 8.88. The number of hydrogen-bond donors (Lipinski definition) is 2. The van der Waals surface area contributed by atoms with Crippen molar-refractivity contribution in [3.05, 3.63) is 46.4 Å². The maximum Gasteiger partial charge on any atom is 0.262 e. The number of nitrogen functional groups attached to an aromatic ring is 1. The molecule has 0 radical (unpaired) electrons. The number of aromatic nitrogens is 1. The first-order valence-corrected chi connectivity index (χ1v) is 9.72. The van der Waals surface area contributed by atoms with Crippen molar-refractivity contribution in [2.45, 2.75) is 26.2 Å². The molecule has 0 aliphatic carbocycles. The number of hydrogen-bond acceptors (Lipinski definition) is 5. The molecule has 3 N–H and O–H groups in total. The van der Waals surface area contributed by atoms with Gasteiger partial charge in [0.1, 0.15) is 5.75 Å². The van der Waals surface area contributed by atoms with E-state index >= 15 is 0 Å². The van der Waals surface area contributed by atoms with Crippen LogP contribution in [-0.4, -0.2) is 17.5 Å². The summed E-state index contributed by atoms with van der Waals surface area (Å²) >= 11 is 4.83. The second kappa shape index (κ2) is 7.25. The molecule has 0 aliphatic heterocycles. The molecule has 3 rings (SSSR count). The SMILES string of the molecule is CC(C)(C)c1ccc(OCC(=O)Nc2cc(Br)c3nc(N)sc3c2)cc1. The summed E-state index contributed by atoms with van der Waals surface area (Å²) in [6, 6.07) is 11.5. The van der Waals surface area contributed by atoms with Gasteiger partial charge in [-0.15, -0.1) is 0 Å². The second-order valence-electron chi connectivity index (χ2n) is 6.97. The lowest BCUT2D eigenvalue weighted by molar-refractivity contribution is -0.118. The van der Waals surface area contributed by atoms with Crippen LogP contribution in [0.1, 0.15) is 26.3 Å². The van der Waals surface area contributed by atoms with Gasteiger partial charge in [-0.1, -0.05) is 44.2 Å². The molecule has 0 saturated heterocycles. The molecule has 3 aromatic rings. The van der Waals surface area contributed by atoms with Crippen LogP contribution in [0.4, 0.5) is 10.8 Å². The summed E-state index contributed by atoms with van der Waals surface area (Å²) in [6.45, 7) is 6.40. The maximum atomic E-state index is 12.2. The Morgan fingerprint density at radius 3 is 2.62 bits per heavy atom. The zero-order valence-corrected chi connectivity index (χ0v) is 17.2. The zero-order valence-electron chi connectivity index (χ0n) is 14.8. The van der Waals surface area contributed by atoms with Crippen molar-refractivity contribution in [1.82, 2.24) is 4.98 Å². The number of amides is 1.